The van der Waals surface area contributed by atoms with E-state index in [0.29, 0.717) is 17.9 Å². The van der Waals surface area contributed by atoms with Gasteiger partial charge in [-0.05, 0) is 18.6 Å². The van der Waals surface area contributed by atoms with Gasteiger partial charge >= 0.3 is 5.91 Å². The molecule has 9 heteroatoms. The van der Waals surface area contributed by atoms with Crippen molar-refractivity contribution in [1.29, 1.82) is 0 Å². The molecule has 9 nitrogen and oxygen atoms in total. The van der Waals surface area contributed by atoms with Gasteiger partial charge in [-0.3, -0.25) is 14.6 Å². The van der Waals surface area contributed by atoms with Gasteiger partial charge in [0.1, 0.15) is 11.8 Å². The third kappa shape index (κ3) is 4.51. The summed E-state index contributed by atoms with van der Waals surface area (Å²) in [5.74, 6) is -0.288. The predicted octanol–water partition coefficient (Wildman–Crippen LogP) is 3.39. The molecule has 5 rings (SSSR count). The smallest absolute Gasteiger partial charge is 0.307 e. The normalized spacial score (nSPS) is 16.2. The van der Waals surface area contributed by atoms with Crippen LogP contribution in [0.1, 0.15) is 34.5 Å². The highest BCUT2D eigenvalue weighted by molar-refractivity contribution is 6.18. The largest absolute Gasteiger partial charge is 0.437 e. The van der Waals surface area contributed by atoms with E-state index in [1.807, 2.05) is 66.2 Å². The van der Waals surface area contributed by atoms with E-state index in [0.717, 1.165) is 33.3 Å². The van der Waals surface area contributed by atoms with E-state index in [1.54, 1.807) is 31.4 Å². The van der Waals surface area contributed by atoms with Gasteiger partial charge in [0.2, 0.25) is 0 Å². The molecule has 3 heterocycles. The van der Waals surface area contributed by atoms with E-state index in [9.17, 15) is 9.59 Å². The van der Waals surface area contributed by atoms with Crippen LogP contribution in [0.25, 0.3) is 16.5 Å². The Kier molecular flexibility index (Phi) is 6.35. The van der Waals surface area contributed by atoms with E-state index in [-0.39, 0.29) is 18.3 Å². The molecular formula is C28H28N6O3. The number of carbonyl (C=O) groups is 2. The lowest BCUT2D eigenvalue weighted by atomic mass is 10.0. The molecule has 0 unspecified atom stereocenters. The molecule has 4 aromatic rings. The van der Waals surface area contributed by atoms with Gasteiger partial charge in [-0.2, -0.15) is 0 Å². The number of benzene rings is 2. The van der Waals surface area contributed by atoms with Gasteiger partial charge < -0.3 is 24.9 Å². The molecule has 0 saturated heterocycles. The molecule has 1 aliphatic heterocycles. The molecule has 2 amide bonds. The Bertz CT molecular complexity index is 1540. The number of rotatable bonds is 6. The Morgan fingerprint density at radius 1 is 1.24 bits per heavy atom. The third-order valence-corrected chi connectivity index (χ3v) is 6.49. The average molecular weight is 497 g/mol. The highest BCUT2D eigenvalue weighted by Crippen LogP contribution is 2.36. The van der Waals surface area contributed by atoms with Crippen LogP contribution in [0.2, 0.25) is 0 Å². The van der Waals surface area contributed by atoms with Gasteiger partial charge in [-0.1, -0.05) is 42.5 Å². The van der Waals surface area contributed by atoms with Crippen molar-refractivity contribution in [3.8, 4) is 0 Å². The maximum Gasteiger partial charge on any atom is 0.307 e. The Morgan fingerprint density at radius 3 is 2.76 bits per heavy atom. The molecular weight excluding hydrogens is 468 g/mol. The second kappa shape index (κ2) is 9.77. The van der Waals surface area contributed by atoms with Crippen LogP contribution < -0.4 is 16.0 Å². The van der Waals surface area contributed by atoms with E-state index in [1.165, 1.54) is 0 Å². The molecule has 0 aliphatic carbocycles. The predicted molar refractivity (Wildman–Crippen MR) is 144 cm³/mol. The zero-order valence-electron chi connectivity index (χ0n) is 20.9. The van der Waals surface area contributed by atoms with Crippen molar-refractivity contribution in [3.05, 3.63) is 89.4 Å². The zero-order valence-corrected chi connectivity index (χ0v) is 20.9. The second-order valence-corrected chi connectivity index (χ2v) is 9.07. The fourth-order valence-corrected chi connectivity index (χ4v) is 4.73. The number of likely N-dealkylation sites (N-methyl/N-ethyl adjacent to an activating group) is 1. The Morgan fingerprint density at radius 2 is 2.03 bits per heavy atom. The van der Waals surface area contributed by atoms with E-state index >= 15 is 0 Å². The molecule has 2 aromatic carbocycles. The quantitative estimate of drug-likeness (QED) is 0.397. The van der Waals surface area contributed by atoms with Gasteiger partial charge in [-0.15, -0.1) is 0 Å². The minimum atomic E-state index is -0.830. The van der Waals surface area contributed by atoms with Crippen LogP contribution in [0.3, 0.4) is 0 Å². The maximum atomic E-state index is 13.4. The molecule has 37 heavy (non-hydrogen) atoms. The van der Waals surface area contributed by atoms with Crippen molar-refractivity contribution in [3.63, 3.8) is 0 Å². The Labute approximate surface area is 214 Å². The van der Waals surface area contributed by atoms with Crippen LogP contribution in [0.4, 0.5) is 5.69 Å². The molecule has 0 fully saturated rings. The highest BCUT2D eigenvalue weighted by Gasteiger charge is 2.32. The summed E-state index contributed by atoms with van der Waals surface area (Å²) < 4.78 is 7.68. The molecule has 2 aromatic heterocycles. The fourth-order valence-electron chi connectivity index (χ4n) is 4.73. The number of para-hydroxylation sites is 1. The van der Waals surface area contributed by atoms with Gasteiger partial charge in [0.05, 0.1) is 23.9 Å². The van der Waals surface area contributed by atoms with E-state index < -0.39 is 11.9 Å². The number of allylic oxidation sites excluding steroid dienone is 2. The first-order chi connectivity index (χ1) is 17.9. The number of aromatic nitrogens is 2. The number of hydrogen-bond donors (Lipinski definition) is 2. The van der Waals surface area contributed by atoms with Crippen LogP contribution in [-0.2, 0) is 17.8 Å². The average Bonchev–Trinajstić information content (AvgIpc) is 3.49. The SMILES string of the molecule is CN=C/C(=C(/C)N)c1cn2c3c(cccc13)N(C)C(=O)[C@@H](NC(=O)c1ncc(Cc3ccccc3)o1)C2. The summed E-state index contributed by atoms with van der Waals surface area (Å²) in [6, 6.07) is 14.7. The second-order valence-electron chi connectivity index (χ2n) is 9.07. The van der Waals surface area contributed by atoms with Gasteiger partial charge in [0, 0.05) is 55.1 Å². The highest BCUT2D eigenvalue weighted by atomic mass is 16.4. The molecule has 0 saturated carbocycles. The minimum Gasteiger partial charge on any atom is -0.437 e. The topological polar surface area (TPSA) is 119 Å². The van der Waals surface area contributed by atoms with Crippen LogP contribution in [0, 0.1) is 0 Å². The number of anilines is 1. The molecule has 0 radical (unpaired) electrons. The maximum absolute atomic E-state index is 13.4. The van der Waals surface area contributed by atoms with Crippen molar-refractivity contribution in [2.24, 2.45) is 10.7 Å². The van der Waals surface area contributed by atoms with Crippen LogP contribution >= 0.6 is 0 Å². The van der Waals surface area contributed by atoms with Gasteiger partial charge in [0.15, 0.2) is 0 Å². The van der Waals surface area contributed by atoms with Gasteiger partial charge in [-0.25, -0.2) is 4.98 Å². The number of aliphatic imine (C=N–C) groups is 1. The first-order valence-corrected chi connectivity index (χ1v) is 11.9. The van der Waals surface area contributed by atoms with Crippen molar-refractivity contribution < 1.29 is 14.0 Å². The number of carbonyl (C=O) groups excluding carboxylic acids is 2. The molecule has 3 N–H and O–H groups in total. The zero-order chi connectivity index (χ0) is 26.1. The number of nitrogens with one attached hydrogen (secondary N) is 1. The van der Waals surface area contributed by atoms with Crippen molar-refractivity contribution >= 4 is 40.2 Å². The molecule has 1 atom stereocenters. The first-order valence-electron chi connectivity index (χ1n) is 11.9. The third-order valence-electron chi connectivity index (χ3n) is 6.49. The summed E-state index contributed by atoms with van der Waals surface area (Å²) in [5, 5.41) is 3.77. The van der Waals surface area contributed by atoms with Crippen molar-refractivity contribution in [1.82, 2.24) is 14.9 Å². The Hall–Kier alpha value is -4.66. The molecule has 1 aliphatic rings. The van der Waals surface area contributed by atoms with Gasteiger partial charge in [0.25, 0.3) is 11.8 Å². The molecule has 0 bridgehead atoms. The minimum absolute atomic E-state index is 0.0791. The summed E-state index contributed by atoms with van der Waals surface area (Å²) in [7, 11) is 3.41. The summed E-state index contributed by atoms with van der Waals surface area (Å²) in [5.41, 5.74) is 11.2. The fraction of sp³-hybridized carbons (Fsp3) is 0.214. The van der Waals surface area contributed by atoms with Crippen LogP contribution in [0.15, 0.2) is 76.0 Å². The monoisotopic (exact) mass is 496 g/mol. The molecule has 188 valence electrons. The van der Waals surface area contributed by atoms with Crippen LogP contribution in [-0.4, -0.2) is 47.7 Å². The summed E-state index contributed by atoms with van der Waals surface area (Å²) >= 11 is 0. The molecule has 0 spiro atoms. The van der Waals surface area contributed by atoms with Crippen molar-refractivity contribution in [2.75, 3.05) is 19.0 Å². The number of oxazole rings is 1. The number of amides is 2. The lowest BCUT2D eigenvalue weighted by Crippen LogP contribution is -2.48. The van der Waals surface area contributed by atoms with E-state index in [2.05, 4.69) is 15.3 Å². The summed E-state index contributed by atoms with van der Waals surface area (Å²) in [4.78, 5) is 36.3. The summed E-state index contributed by atoms with van der Waals surface area (Å²) in [6.07, 6.45) is 5.74. The van der Waals surface area contributed by atoms with E-state index in [4.69, 9.17) is 10.2 Å². The standard InChI is InChI=1S/C28H28N6O3/c1-17(29)21(14-30-2)22-15-34-16-23(28(36)33(3)24-11-7-10-20(22)25(24)34)32-26(35)27-31-13-19(37-27)12-18-8-5-4-6-9-18/h4-11,13-15,23H,12,16,29H2,1-3H3,(H,32,35)/b21-17+,30-14?/t23-/m0/s1. The first kappa shape index (κ1) is 24.1. The lowest BCUT2D eigenvalue weighted by Gasteiger charge is -2.21. The number of nitrogens with two attached hydrogens (primary N) is 1. The van der Waals surface area contributed by atoms with Crippen LogP contribution in [0.5, 0.6) is 0 Å². The lowest BCUT2D eigenvalue weighted by molar-refractivity contribution is -0.120. The number of hydrogen-bond acceptors (Lipinski definition) is 6. The summed E-state index contributed by atoms with van der Waals surface area (Å²) in [6.45, 7) is 2.07. The Balaban J connectivity index is 1.45. The van der Waals surface area contributed by atoms with Crippen molar-refractivity contribution in [2.45, 2.75) is 25.9 Å². The number of nitrogens with zero attached hydrogens (tertiary/aromatic N) is 4.